The first kappa shape index (κ1) is 17.9. The highest BCUT2D eigenvalue weighted by Gasteiger charge is 2.29. The number of nitrogens with one attached hydrogen (secondary N) is 1. The van der Waals surface area contributed by atoms with Crippen LogP contribution >= 0.6 is 0 Å². The molecule has 0 aliphatic rings. The number of carbonyl (C=O) groups is 2. The van der Waals surface area contributed by atoms with E-state index in [1.54, 1.807) is 13.8 Å². The topological polar surface area (TPSA) is 46.2 Å². The average Bonchev–Trinajstić information content (AvgIpc) is 2.31. The number of hydrogen-bond donors (Lipinski definition) is 1. The Hall–Kier alpha value is -1.12. The predicted octanol–water partition coefficient (Wildman–Crippen LogP) is 3.49. The van der Waals surface area contributed by atoms with Crippen LogP contribution in [0.25, 0.3) is 0 Å². The van der Waals surface area contributed by atoms with Crippen molar-refractivity contribution >= 4 is 11.6 Å². The van der Waals surface area contributed by atoms with Gasteiger partial charge in [-0.2, -0.15) is 0 Å². The molecule has 0 fully saturated rings. The number of rotatable bonds is 9. The minimum absolute atomic E-state index is 0.0577. The van der Waals surface area contributed by atoms with Crippen molar-refractivity contribution in [3.63, 3.8) is 0 Å². The van der Waals surface area contributed by atoms with E-state index in [0.717, 1.165) is 12.1 Å². The molecule has 110 valence electrons. The number of ketones is 2. The fraction of sp³-hybridized carbons (Fsp3) is 0.750. The molecule has 0 saturated heterocycles. The summed E-state index contributed by atoms with van der Waals surface area (Å²) in [5, 5.41) is 3.23. The zero-order chi connectivity index (χ0) is 15.2. The van der Waals surface area contributed by atoms with E-state index in [2.05, 4.69) is 39.6 Å². The monoisotopic (exact) mass is 267 g/mol. The molecule has 3 nitrogen and oxygen atoms in total. The van der Waals surface area contributed by atoms with Crippen LogP contribution in [0, 0.1) is 11.3 Å². The van der Waals surface area contributed by atoms with Gasteiger partial charge in [-0.1, -0.05) is 40.7 Å². The van der Waals surface area contributed by atoms with Crippen LogP contribution in [0.1, 0.15) is 60.8 Å². The first-order chi connectivity index (χ1) is 8.62. The second kappa shape index (κ2) is 7.46. The largest absolute Gasteiger partial charge is 0.379 e. The molecular weight excluding hydrogens is 238 g/mol. The van der Waals surface area contributed by atoms with E-state index in [1.165, 1.54) is 0 Å². The van der Waals surface area contributed by atoms with Crippen LogP contribution in [0.5, 0.6) is 0 Å². The molecule has 0 bridgehead atoms. The van der Waals surface area contributed by atoms with Gasteiger partial charge in [0.05, 0.1) is 6.04 Å². The van der Waals surface area contributed by atoms with Crippen molar-refractivity contribution in [1.82, 2.24) is 5.32 Å². The fourth-order valence-corrected chi connectivity index (χ4v) is 1.93. The van der Waals surface area contributed by atoms with Crippen LogP contribution in [-0.2, 0) is 9.59 Å². The molecule has 0 amide bonds. The van der Waals surface area contributed by atoms with Crippen molar-refractivity contribution in [2.45, 2.75) is 66.8 Å². The smallest absolute Gasteiger partial charge is 0.151 e. The van der Waals surface area contributed by atoms with Gasteiger partial charge >= 0.3 is 0 Å². The molecule has 0 radical (unpaired) electrons. The molecule has 3 heteroatoms. The Morgan fingerprint density at radius 2 is 1.79 bits per heavy atom. The quantitative estimate of drug-likeness (QED) is 0.695. The van der Waals surface area contributed by atoms with Crippen molar-refractivity contribution < 1.29 is 9.59 Å². The van der Waals surface area contributed by atoms with E-state index in [0.29, 0.717) is 18.8 Å². The fourth-order valence-electron chi connectivity index (χ4n) is 1.93. The molecule has 19 heavy (non-hydrogen) atoms. The average molecular weight is 267 g/mol. The number of hydrogen-bond acceptors (Lipinski definition) is 3. The maximum Gasteiger partial charge on any atom is 0.151 e. The lowest BCUT2D eigenvalue weighted by Gasteiger charge is -2.35. The zero-order valence-corrected chi connectivity index (χ0v) is 13.3. The summed E-state index contributed by atoms with van der Waals surface area (Å²) in [6.07, 6.45) is 2.03. The van der Waals surface area contributed by atoms with Crippen molar-refractivity contribution in [2.24, 2.45) is 11.3 Å². The summed E-state index contributed by atoms with van der Waals surface area (Å²) in [5.74, 6) is 0.648. The van der Waals surface area contributed by atoms with E-state index in [1.807, 2.05) is 0 Å². The summed E-state index contributed by atoms with van der Waals surface area (Å²) >= 11 is 0. The van der Waals surface area contributed by atoms with Gasteiger partial charge in [-0.15, -0.1) is 0 Å². The van der Waals surface area contributed by atoms with Gasteiger partial charge in [-0.3, -0.25) is 4.79 Å². The third-order valence-corrected chi connectivity index (χ3v) is 4.25. The van der Waals surface area contributed by atoms with Crippen molar-refractivity contribution in [3.05, 3.63) is 12.3 Å². The normalized spacial score (nSPS) is 14.6. The maximum atomic E-state index is 11.6. The molecule has 0 aromatic carbocycles. The second-order valence-corrected chi connectivity index (χ2v) is 6.06. The molecule has 1 N–H and O–H groups in total. The standard InChI is InChI=1S/C16H29NO2/c1-8-11(2)16(6,7)14(5)17-15(13(4)19)10-9-12(3)18/h11,15,17H,5,8-10H2,1-4,6-7H3/t11?,15-/m0/s1. The predicted molar refractivity (Wildman–Crippen MR) is 79.9 cm³/mol. The molecule has 1 unspecified atom stereocenters. The zero-order valence-electron chi connectivity index (χ0n) is 13.3. The Morgan fingerprint density at radius 1 is 1.26 bits per heavy atom. The molecule has 0 heterocycles. The third kappa shape index (κ3) is 5.58. The molecule has 0 aromatic rings. The SMILES string of the molecule is C=C(N[C@@H](CCC(C)=O)C(C)=O)C(C)(C)C(C)CC. The molecule has 0 aliphatic carbocycles. The van der Waals surface area contributed by atoms with Crippen LogP contribution < -0.4 is 5.32 Å². The van der Waals surface area contributed by atoms with E-state index >= 15 is 0 Å². The molecule has 0 aromatic heterocycles. The second-order valence-electron chi connectivity index (χ2n) is 6.06. The highest BCUT2D eigenvalue weighted by atomic mass is 16.1. The summed E-state index contributed by atoms with van der Waals surface area (Å²) in [7, 11) is 0. The molecule has 0 spiro atoms. The first-order valence-corrected chi connectivity index (χ1v) is 7.08. The van der Waals surface area contributed by atoms with Crippen molar-refractivity contribution in [2.75, 3.05) is 0 Å². The van der Waals surface area contributed by atoms with E-state index in [-0.39, 0.29) is 23.0 Å². The Kier molecular flexibility index (Phi) is 7.02. The molecule has 2 atom stereocenters. The van der Waals surface area contributed by atoms with Gasteiger partial charge in [0, 0.05) is 17.5 Å². The van der Waals surface area contributed by atoms with Gasteiger partial charge in [0.25, 0.3) is 0 Å². The summed E-state index contributed by atoms with van der Waals surface area (Å²) in [5.41, 5.74) is 0.809. The van der Waals surface area contributed by atoms with Crippen LogP contribution in [-0.4, -0.2) is 17.6 Å². The van der Waals surface area contributed by atoms with E-state index in [4.69, 9.17) is 0 Å². The lowest BCUT2D eigenvalue weighted by atomic mass is 9.76. The van der Waals surface area contributed by atoms with Crippen LogP contribution in [0.4, 0.5) is 0 Å². The Bertz CT molecular complexity index is 345. The molecular formula is C16H29NO2. The van der Waals surface area contributed by atoms with Crippen LogP contribution in [0.3, 0.4) is 0 Å². The Balaban J connectivity index is 4.72. The highest BCUT2D eigenvalue weighted by molar-refractivity contribution is 5.83. The minimum atomic E-state index is -0.306. The Morgan fingerprint density at radius 3 is 2.16 bits per heavy atom. The first-order valence-electron chi connectivity index (χ1n) is 7.08. The van der Waals surface area contributed by atoms with Crippen molar-refractivity contribution in [1.29, 1.82) is 0 Å². The van der Waals surface area contributed by atoms with Gasteiger partial charge in [-0.25, -0.2) is 0 Å². The van der Waals surface area contributed by atoms with Crippen molar-refractivity contribution in [3.8, 4) is 0 Å². The third-order valence-electron chi connectivity index (χ3n) is 4.25. The summed E-state index contributed by atoms with van der Waals surface area (Å²) in [4.78, 5) is 22.7. The van der Waals surface area contributed by atoms with Gasteiger partial charge in [0.15, 0.2) is 5.78 Å². The number of carbonyl (C=O) groups excluding carboxylic acids is 2. The van der Waals surface area contributed by atoms with Gasteiger partial charge in [-0.05, 0) is 26.2 Å². The van der Waals surface area contributed by atoms with Gasteiger partial charge in [0.1, 0.15) is 5.78 Å². The minimum Gasteiger partial charge on any atom is -0.379 e. The molecule has 0 aliphatic heterocycles. The van der Waals surface area contributed by atoms with Crippen LogP contribution in [0.2, 0.25) is 0 Å². The number of allylic oxidation sites excluding steroid dienone is 1. The lowest BCUT2D eigenvalue weighted by Crippen LogP contribution is -2.41. The highest BCUT2D eigenvalue weighted by Crippen LogP contribution is 2.34. The van der Waals surface area contributed by atoms with Gasteiger partial charge in [0.2, 0.25) is 0 Å². The summed E-state index contributed by atoms with van der Waals surface area (Å²) in [6, 6.07) is -0.306. The summed E-state index contributed by atoms with van der Waals surface area (Å²) in [6.45, 7) is 15.8. The van der Waals surface area contributed by atoms with E-state index < -0.39 is 0 Å². The van der Waals surface area contributed by atoms with Crippen LogP contribution in [0.15, 0.2) is 12.3 Å². The lowest BCUT2D eigenvalue weighted by molar-refractivity contribution is -0.119. The maximum absolute atomic E-state index is 11.6. The number of Topliss-reactive ketones (excluding diaryl/α,β-unsaturated/α-hetero) is 2. The summed E-state index contributed by atoms with van der Waals surface area (Å²) < 4.78 is 0. The van der Waals surface area contributed by atoms with E-state index in [9.17, 15) is 9.59 Å². The Labute approximate surface area is 117 Å². The van der Waals surface area contributed by atoms with Gasteiger partial charge < -0.3 is 10.1 Å². The molecule has 0 saturated carbocycles. The molecule has 0 rings (SSSR count).